The summed E-state index contributed by atoms with van der Waals surface area (Å²) in [5, 5.41) is 2.87. The molecule has 0 aliphatic rings. The van der Waals surface area contributed by atoms with E-state index in [4.69, 9.17) is 4.74 Å². The van der Waals surface area contributed by atoms with E-state index in [0.717, 1.165) is 18.6 Å². The summed E-state index contributed by atoms with van der Waals surface area (Å²) in [5.74, 6) is 0.783. The van der Waals surface area contributed by atoms with Gasteiger partial charge < -0.3 is 10.1 Å². The summed E-state index contributed by atoms with van der Waals surface area (Å²) in [6, 6.07) is 8.38. The number of benzene rings is 1. The van der Waals surface area contributed by atoms with Crippen molar-refractivity contribution in [1.82, 2.24) is 5.32 Å². The van der Waals surface area contributed by atoms with Gasteiger partial charge in [0.1, 0.15) is 12.4 Å². The van der Waals surface area contributed by atoms with Gasteiger partial charge in [-0.05, 0) is 58.4 Å². The second kappa shape index (κ2) is 8.39. The average molecular weight is 313 g/mol. The molecule has 1 unspecified atom stereocenters. The molecule has 0 fully saturated rings. The largest absolute Gasteiger partial charge is 0.493 e. The van der Waals surface area contributed by atoms with Crippen LogP contribution in [0.3, 0.4) is 0 Å². The van der Waals surface area contributed by atoms with E-state index in [-0.39, 0.29) is 17.6 Å². The van der Waals surface area contributed by atoms with Gasteiger partial charge in [-0.15, -0.1) is 0 Å². The highest BCUT2D eigenvalue weighted by Gasteiger charge is 2.15. The molecular formula is C16H27NO3S. The minimum Gasteiger partial charge on any atom is -0.493 e. The molecule has 0 radical (unpaired) electrons. The highest BCUT2D eigenvalue weighted by Crippen LogP contribution is 2.14. The van der Waals surface area contributed by atoms with Crippen molar-refractivity contribution >= 4 is 9.84 Å². The molecule has 1 N–H and O–H groups in total. The minimum absolute atomic E-state index is 0.0616. The first kappa shape index (κ1) is 18.0. The Balaban J connectivity index is 2.41. The summed E-state index contributed by atoms with van der Waals surface area (Å²) in [6.07, 6.45) is 2.10. The standard InChI is InChI=1S/C16H27NO3S/c1-13(2)21(18,19)12-11-20-16-9-7-15(8-10-16)6-5-14(3)17-4/h7-10,13-14,17H,5-6,11-12H2,1-4H3. The molecular weight excluding hydrogens is 286 g/mol. The molecule has 1 aromatic rings. The smallest absolute Gasteiger partial charge is 0.155 e. The topological polar surface area (TPSA) is 55.4 Å². The van der Waals surface area contributed by atoms with E-state index in [1.807, 2.05) is 31.3 Å². The van der Waals surface area contributed by atoms with Gasteiger partial charge in [-0.3, -0.25) is 0 Å². The number of nitrogens with one attached hydrogen (secondary N) is 1. The second-order valence-corrected chi connectivity index (χ2v) is 8.31. The van der Waals surface area contributed by atoms with Gasteiger partial charge in [0.2, 0.25) is 0 Å². The maximum Gasteiger partial charge on any atom is 0.155 e. The van der Waals surface area contributed by atoms with E-state index < -0.39 is 9.84 Å². The second-order valence-electron chi connectivity index (χ2n) is 5.64. The first-order valence-corrected chi connectivity index (χ1v) is 9.17. The molecule has 0 aliphatic heterocycles. The molecule has 1 rings (SSSR count). The van der Waals surface area contributed by atoms with E-state index in [0.29, 0.717) is 6.04 Å². The Morgan fingerprint density at radius 1 is 1.14 bits per heavy atom. The molecule has 0 bridgehead atoms. The molecule has 0 aromatic heterocycles. The van der Waals surface area contributed by atoms with E-state index in [2.05, 4.69) is 12.2 Å². The number of sulfone groups is 1. The Hall–Kier alpha value is -1.07. The van der Waals surface area contributed by atoms with Crippen molar-refractivity contribution < 1.29 is 13.2 Å². The van der Waals surface area contributed by atoms with Gasteiger partial charge >= 0.3 is 0 Å². The molecule has 1 atom stereocenters. The summed E-state index contributed by atoms with van der Waals surface area (Å²) in [7, 11) is -1.06. The van der Waals surface area contributed by atoms with E-state index >= 15 is 0 Å². The van der Waals surface area contributed by atoms with Crippen molar-refractivity contribution in [2.75, 3.05) is 19.4 Å². The average Bonchev–Trinajstić information content (AvgIpc) is 2.45. The molecule has 0 amide bonds. The summed E-state index contributed by atoms with van der Waals surface area (Å²) < 4.78 is 28.8. The van der Waals surface area contributed by atoms with E-state index in [1.54, 1.807) is 13.8 Å². The molecule has 1 aromatic carbocycles. The zero-order valence-corrected chi connectivity index (χ0v) is 14.2. The molecule has 0 saturated heterocycles. The predicted molar refractivity (Wildman–Crippen MR) is 87.7 cm³/mol. The number of rotatable bonds is 9. The Kier molecular flexibility index (Phi) is 7.18. The lowest BCUT2D eigenvalue weighted by Gasteiger charge is -2.11. The van der Waals surface area contributed by atoms with Crippen LogP contribution in [0.2, 0.25) is 0 Å². The van der Waals surface area contributed by atoms with Crippen molar-refractivity contribution in [2.45, 2.75) is 44.9 Å². The maximum atomic E-state index is 11.7. The van der Waals surface area contributed by atoms with E-state index in [1.165, 1.54) is 5.56 Å². The first-order valence-electron chi connectivity index (χ1n) is 7.45. The van der Waals surface area contributed by atoms with Crippen LogP contribution in [0.4, 0.5) is 0 Å². The van der Waals surface area contributed by atoms with Crippen molar-refractivity contribution in [1.29, 1.82) is 0 Å². The molecule has 21 heavy (non-hydrogen) atoms. The maximum absolute atomic E-state index is 11.7. The summed E-state index contributed by atoms with van der Waals surface area (Å²) in [6.45, 7) is 5.75. The Morgan fingerprint density at radius 2 is 1.76 bits per heavy atom. The van der Waals surface area contributed by atoms with Crippen LogP contribution in [0, 0.1) is 0 Å². The zero-order chi connectivity index (χ0) is 15.9. The predicted octanol–water partition coefficient (Wildman–Crippen LogP) is 2.43. The van der Waals surface area contributed by atoms with Crippen LogP contribution >= 0.6 is 0 Å². The third kappa shape index (κ3) is 6.48. The molecule has 0 saturated carbocycles. The monoisotopic (exact) mass is 313 g/mol. The van der Waals surface area contributed by atoms with Crippen molar-refractivity contribution in [3.8, 4) is 5.75 Å². The van der Waals surface area contributed by atoms with Crippen molar-refractivity contribution in [2.24, 2.45) is 0 Å². The van der Waals surface area contributed by atoms with Crippen LogP contribution in [0.25, 0.3) is 0 Å². The summed E-state index contributed by atoms with van der Waals surface area (Å²) >= 11 is 0. The molecule has 0 spiro atoms. The fraction of sp³-hybridized carbons (Fsp3) is 0.625. The fourth-order valence-corrected chi connectivity index (χ4v) is 2.58. The van der Waals surface area contributed by atoms with Crippen molar-refractivity contribution in [3.63, 3.8) is 0 Å². The van der Waals surface area contributed by atoms with E-state index in [9.17, 15) is 8.42 Å². The van der Waals surface area contributed by atoms with Gasteiger partial charge in [0.25, 0.3) is 0 Å². The normalized spacial score (nSPS) is 13.4. The van der Waals surface area contributed by atoms with Crippen LogP contribution in [0.1, 0.15) is 32.8 Å². The van der Waals surface area contributed by atoms with Gasteiger partial charge in [0.05, 0.1) is 11.0 Å². The van der Waals surface area contributed by atoms with Gasteiger partial charge in [-0.25, -0.2) is 8.42 Å². The quantitative estimate of drug-likeness (QED) is 0.761. The summed E-state index contributed by atoms with van der Waals surface area (Å²) in [5.41, 5.74) is 1.26. The highest BCUT2D eigenvalue weighted by molar-refractivity contribution is 7.91. The number of aryl methyl sites for hydroxylation is 1. The molecule has 0 aliphatic carbocycles. The Bertz CT molecular complexity index is 509. The van der Waals surface area contributed by atoms with Gasteiger partial charge in [0.15, 0.2) is 9.84 Å². The first-order chi connectivity index (χ1) is 9.85. The fourth-order valence-electron chi connectivity index (χ4n) is 1.79. The van der Waals surface area contributed by atoms with Gasteiger partial charge in [-0.2, -0.15) is 0 Å². The van der Waals surface area contributed by atoms with Gasteiger partial charge in [0, 0.05) is 6.04 Å². The summed E-state index contributed by atoms with van der Waals surface area (Å²) in [4.78, 5) is 0. The van der Waals surface area contributed by atoms with Crippen LogP contribution in [-0.4, -0.2) is 39.1 Å². The minimum atomic E-state index is -3.03. The van der Waals surface area contributed by atoms with Crippen LogP contribution in [0.5, 0.6) is 5.75 Å². The zero-order valence-electron chi connectivity index (χ0n) is 13.4. The molecule has 120 valence electrons. The lowest BCUT2D eigenvalue weighted by atomic mass is 10.1. The third-order valence-corrected chi connectivity index (χ3v) is 5.81. The lowest BCUT2D eigenvalue weighted by Crippen LogP contribution is -2.22. The third-order valence-electron chi connectivity index (χ3n) is 3.64. The lowest BCUT2D eigenvalue weighted by molar-refractivity contribution is 0.340. The Morgan fingerprint density at radius 3 is 2.29 bits per heavy atom. The van der Waals surface area contributed by atoms with Crippen LogP contribution < -0.4 is 10.1 Å². The van der Waals surface area contributed by atoms with Crippen LogP contribution in [-0.2, 0) is 16.3 Å². The van der Waals surface area contributed by atoms with Gasteiger partial charge in [-0.1, -0.05) is 12.1 Å². The molecule has 0 heterocycles. The van der Waals surface area contributed by atoms with Crippen molar-refractivity contribution in [3.05, 3.63) is 29.8 Å². The number of hydrogen-bond donors (Lipinski definition) is 1. The Labute approximate surface area is 128 Å². The SMILES string of the molecule is CNC(C)CCc1ccc(OCCS(=O)(=O)C(C)C)cc1. The number of hydrogen-bond acceptors (Lipinski definition) is 4. The highest BCUT2D eigenvalue weighted by atomic mass is 32.2. The molecule has 5 heteroatoms. The molecule has 4 nitrogen and oxygen atoms in total. The number of ether oxygens (including phenoxy) is 1. The van der Waals surface area contributed by atoms with Crippen LogP contribution in [0.15, 0.2) is 24.3 Å².